The largest absolute Gasteiger partial charge is 0.497 e. The molecular formula is C16H21BBrNO5. The monoisotopic (exact) mass is 397 g/mol. The Morgan fingerprint density at radius 3 is 2.92 bits per heavy atom. The maximum atomic E-state index is 11.9. The van der Waals surface area contributed by atoms with Gasteiger partial charge in [0.1, 0.15) is 12.2 Å². The minimum atomic E-state index is -0.538. The molecule has 2 atom stereocenters. The van der Waals surface area contributed by atoms with E-state index in [9.17, 15) is 4.79 Å². The Labute approximate surface area is 150 Å². The summed E-state index contributed by atoms with van der Waals surface area (Å²) in [6.45, 7) is 8.24. The smallest absolute Gasteiger partial charge is 0.495 e. The summed E-state index contributed by atoms with van der Waals surface area (Å²) in [5.41, 5.74) is 2.58. The highest BCUT2D eigenvalue weighted by Gasteiger charge is 2.46. The summed E-state index contributed by atoms with van der Waals surface area (Å²) in [6, 6.07) is 0. The van der Waals surface area contributed by atoms with Gasteiger partial charge in [-0.3, -0.25) is 0 Å². The normalized spacial score (nSPS) is 26.1. The van der Waals surface area contributed by atoms with Crippen LogP contribution in [0.15, 0.2) is 33.4 Å². The first kappa shape index (κ1) is 17.6. The van der Waals surface area contributed by atoms with Crippen molar-refractivity contribution >= 4 is 29.1 Å². The molecule has 0 fully saturated rings. The van der Waals surface area contributed by atoms with Crippen LogP contribution in [0, 0.1) is 0 Å². The minimum Gasteiger partial charge on any atom is -0.497 e. The predicted octanol–water partition coefficient (Wildman–Crippen LogP) is 2.85. The van der Waals surface area contributed by atoms with Crippen molar-refractivity contribution in [1.82, 2.24) is 5.32 Å². The summed E-state index contributed by atoms with van der Waals surface area (Å²) < 4.78 is 23.5. The van der Waals surface area contributed by atoms with Crippen molar-refractivity contribution in [2.75, 3.05) is 13.2 Å². The van der Waals surface area contributed by atoms with Crippen LogP contribution in [-0.2, 0) is 18.8 Å². The third kappa shape index (κ3) is 3.55. The highest BCUT2D eigenvalue weighted by molar-refractivity contribution is 9.11. The topological polar surface area (TPSA) is 66.0 Å². The highest BCUT2D eigenvalue weighted by atomic mass is 79.9. The second-order valence-corrected chi connectivity index (χ2v) is 7.79. The van der Waals surface area contributed by atoms with Gasteiger partial charge in [0.05, 0.1) is 25.0 Å². The van der Waals surface area contributed by atoms with E-state index in [0.29, 0.717) is 6.61 Å². The van der Waals surface area contributed by atoms with Crippen molar-refractivity contribution in [3.05, 3.63) is 33.4 Å². The molecule has 2 unspecified atom stereocenters. The summed E-state index contributed by atoms with van der Waals surface area (Å²) >= 11 is 3.61. The molecule has 0 saturated heterocycles. The molecule has 0 aromatic heterocycles. The molecule has 3 aliphatic heterocycles. The second-order valence-electron chi connectivity index (χ2n) is 6.93. The van der Waals surface area contributed by atoms with Gasteiger partial charge in [-0.05, 0) is 50.4 Å². The first-order chi connectivity index (χ1) is 11.3. The molecule has 0 aliphatic carbocycles. The van der Waals surface area contributed by atoms with E-state index < -0.39 is 18.8 Å². The van der Waals surface area contributed by atoms with E-state index >= 15 is 0 Å². The molecule has 0 aromatic carbocycles. The number of nitrogens with one attached hydrogen (secondary N) is 1. The predicted molar refractivity (Wildman–Crippen MR) is 93.5 cm³/mol. The van der Waals surface area contributed by atoms with Crippen molar-refractivity contribution in [1.29, 1.82) is 0 Å². The Kier molecular flexibility index (Phi) is 4.81. The Morgan fingerprint density at radius 1 is 1.46 bits per heavy atom. The maximum Gasteiger partial charge on any atom is 0.495 e. The van der Waals surface area contributed by atoms with Crippen LogP contribution < -0.4 is 5.32 Å². The summed E-state index contributed by atoms with van der Waals surface area (Å²) in [4.78, 5) is 11.9. The molecule has 6 nitrogen and oxygen atoms in total. The van der Waals surface area contributed by atoms with Crippen molar-refractivity contribution in [3.63, 3.8) is 0 Å². The summed E-state index contributed by atoms with van der Waals surface area (Å²) in [6.07, 6.45) is 2.71. The zero-order valence-corrected chi connectivity index (χ0v) is 15.8. The lowest BCUT2D eigenvalue weighted by Crippen LogP contribution is -2.43. The summed E-state index contributed by atoms with van der Waals surface area (Å²) in [5, 5.41) is 2.74. The van der Waals surface area contributed by atoms with Crippen molar-refractivity contribution in [2.45, 2.75) is 45.5 Å². The number of hydrogen-bond donors (Lipinski definition) is 1. The number of carbonyl (C=O) groups excluding carboxylic acids is 1. The first-order valence-corrected chi connectivity index (χ1v) is 8.74. The number of alkyl carbamates (subject to hydrolysis) is 1. The Balaban J connectivity index is 1.76. The molecule has 130 valence electrons. The number of allylic oxidation sites excluding steroid dienone is 3. The van der Waals surface area contributed by atoms with E-state index in [2.05, 4.69) is 21.2 Å². The lowest BCUT2D eigenvalue weighted by atomic mass is 9.70. The van der Waals surface area contributed by atoms with E-state index in [-0.39, 0.29) is 18.8 Å². The van der Waals surface area contributed by atoms with Gasteiger partial charge in [-0.25, -0.2) is 4.79 Å². The molecule has 3 rings (SSSR count). The van der Waals surface area contributed by atoms with Gasteiger partial charge in [-0.2, -0.15) is 0 Å². The molecule has 1 amide bonds. The number of hydrogen-bond acceptors (Lipinski definition) is 5. The molecule has 3 heterocycles. The average Bonchev–Trinajstić information content (AvgIpc) is 2.67. The SMILES string of the molecule is CC1OB2OC(CNC(=O)OC(C)(C)C)C(Br)=C3C=COCC1=C23. The second kappa shape index (κ2) is 6.57. The molecule has 0 spiro atoms. The van der Waals surface area contributed by atoms with Gasteiger partial charge < -0.3 is 24.1 Å². The number of rotatable bonds is 2. The Bertz CT molecular complexity index is 637. The lowest BCUT2D eigenvalue weighted by Gasteiger charge is -2.29. The van der Waals surface area contributed by atoms with Crippen molar-refractivity contribution < 1.29 is 23.6 Å². The van der Waals surface area contributed by atoms with E-state index in [1.165, 1.54) is 0 Å². The van der Waals surface area contributed by atoms with Crippen LogP contribution in [0.2, 0.25) is 0 Å². The van der Waals surface area contributed by atoms with Crippen LogP contribution in [0.5, 0.6) is 0 Å². The highest BCUT2D eigenvalue weighted by Crippen LogP contribution is 2.41. The van der Waals surface area contributed by atoms with Gasteiger partial charge in [0, 0.05) is 4.48 Å². The van der Waals surface area contributed by atoms with Gasteiger partial charge in [0.2, 0.25) is 0 Å². The van der Waals surface area contributed by atoms with Gasteiger partial charge >= 0.3 is 13.2 Å². The fourth-order valence-corrected chi connectivity index (χ4v) is 3.48. The number of halogens is 1. The van der Waals surface area contributed by atoms with Crippen LogP contribution in [0.4, 0.5) is 4.79 Å². The molecule has 8 heteroatoms. The van der Waals surface area contributed by atoms with Crippen LogP contribution in [0.3, 0.4) is 0 Å². The molecule has 0 saturated carbocycles. The van der Waals surface area contributed by atoms with E-state index in [1.807, 2.05) is 33.8 Å². The van der Waals surface area contributed by atoms with Gasteiger partial charge in [0.15, 0.2) is 0 Å². The van der Waals surface area contributed by atoms with Gasteiger partial charge in [0.25, 0.3) is 0 Å². The van der Waals surface area contributed by atoms with Crippen LogP contribution in [0.25, 0.3) is 0 Å². The first-order valence-electron chi connectivity index (χ1n) is 7.95. The Hall–Kier alpha value is -1.25. The number of amides is 1. The van der Waals surface area contributed by atoms with Crippen LogP contribution >= 0.6 is 15.9 Å². The van der Waals surface area contributed by atoms with E-state index in [4.69, 9.17) is 18.8 Å². The minimum absolute atomic E-state index is 0.0576. The Morgan fingerprint density at radius 2 is 2.21 bits per heavy atom. The maximum absolute atomic E-state index is 11.9. The molecule has 3 aliphatic rings. The molecule has 24 heavy (non-hydrogen) atoms. The molecule has 0 radical (unpaired) electrons. The van der Waals surface area contributed by atoms with Crippen molar-refractivity contribution in [3.8, 4) is 0 Å². The molecule has 0 bridgehead atoms. The zero-order valence-electron chi connectivity index (χ0n) is 14.2. The van der Waals surface area contributed by atoms with E-state index in [1.54, 1.807) is 6.26 Å². The van der Waals surface area contributed by atoms with Crippen LogP contribution in [0.1, 0.15) is 27.7 Å². The summed E-state index contributed by atoms with van der Waals surface area (Å²) in [7, 11) is -0.442. The van der Waals surface area contributed by atoms with Crippen LogP contribution in [-0.4, -0.2) is 44.2 Å². The third-order valence-electron chi connectivity index (χ3n) is 3.92. The lowest BCUT2D eigenvalue weighted by molar-refractivity contribution is 0.0501. The third-order valence-corrected chi connectivity index (χ3v) is 4.86. The standard InChI is InChI=1S/C16H21BBrNO5/c1-9-11-8-21-6-5-10-13(11)17(23-9)24-12(14(10)18)7-19-15(20)22-16(2,3)4/h5-6,9,12H,7-8H2,1-4H3,(H,19,20). The fourth-order valence-electron chi connectivity index (χ4n) is 2.86. The zero-order chi connectivity index (χ0) is 17.5. The van der Waals surface area contributed by atoms with Gasteiger partial charge in [-0.1, -0.05) is 15.9 Å². The quantitative estimate of drug-likeness (QED) is 0.725. The number of carbonyl (C=O) groups is 1. The van der Waals surface area contributed by atoms with Gasteiger partial charge in [-0.15, -0.1) is 0 Å². The average molecular weight is 398 g/mol. The summed E-state index contributed by atoms with van der Waals surface area (Å²) in [5.74, 6) is 0. The molecule has 1 N–H and O–H groups in total. The molecular weight excluding hydrogens is 377 g/mol. The fraction of sp³-hybridized carbons (Fsp3) is 0.562. The van der Waals surface area contributed by atoms with E-state index in [0.717, 1.165) is 21.1 Å². The number of ether oxygens (including phenoxy) is 2. The van der Waals surface area contributed by atoms with Crippen molar-refractivity contribution in [2.24, 2.45) is 0 Å². The molecule has 0 aromatic rings.